The fraction of sp³-hybridized carbons (Fsp3) is 0.0769. The zero-order chi connectivity index (χ0) is 21.8. The number of aromatic nitrogens is 2. The maximum atomic E-state index is 14.1. The van der Waals surface area contributed by atoms with Crippen molar-refractivity contribution in [3.63, 3.8) is 0 Å². The number of aromatic amines is 1. The molecule has 0 amide bonds. The molecule has 0 aliphatic rings. The van der Waals surface area contributed by atoms with Crippen molar-refractivity contribution in [2.75, 3.05) is 0 Å². The van der Waals surface area contributed by atoms with E-state index in [4.69, 9.17) is 4.74 Å². The minimum absolute atomic E-state index is 0.306. The summed E-state index contributed by atoms with van der Waals surface area (Å²) in [6, 6.07) is 19.8. The van der Waals surface area contributed by atoms with Gasteiger partial charge in [0.2, 0.25) is 0 Å². The van der Waals surface area contributed by atoms with Crippen molar-refractivity contribution in [3.05, 3.63) is 108 Å². The number of esters is 1. The molecular formula is C26H21FN2O2. The summed E-state index contributed by atoms with van der Waals surface area (Å²) in [4.78, 5) is 12.0. The van der Waals surface area contributed by atoms with Gasteiger partial charge in [-0.3, -0.25) is 5.10 Å². The summed E-state index contributed by atoms with van der Waals surface area (Å²) in [5, 5.41) is 8.01. The molecule has 0 saturated carbocycles. The summed E-state index contributed by atoms with van der Waals surface area (Å²) in [7, 11) is 0. The van der Waals surface area contributed by atoms with E-state index in [1.807, 2.05) is 43.3 Å². The van der Waals surface area contributed by atoms with Crippen LogP contribution in [0.2, 0.25) is 0 Å². The molecule has 5 heteroatoms. The maximum absolute atomic E-state index is 14.1. The summed E-state index contributed by atoms with van der Waals surface area (Å²) >= 11 is 0. The number of nitrogens with one attached hydrogen (secondary N) is 1. The van der Waals surface area contributed by atoms with Gasteiger partial charge in [0.15, 0.2) is 0 Å². The van der Waals surface area contributed by atoms with Gasteiger partial charge in [0.1, 0.15) is 11.6 Å². The number of rotatable bonds is 6. The van der Waals surface area contributed by atoms with Crippen molar-refractivity contribution in [2.45, 2.75) is 13.3 Å². The lowest BCUT2D eigenvalue weighted by Crippen LogP contribution is -2.06. The van der Waals surface area contributed by atoms with Gasteiger partial charge in [-0.05, 0) is 59.0 Å². The van der Waals surface area contributed by atoms with Crippen molar-refractivity contribution in [1.82, 2.24) is 10.2 Å². The lowest BCUT2D eigenvalue weighted by atomic mass is 9.87. The molecule has 0 fully saturated rings. The lowest BCUT2D eigenvalue weighted by molar-refractivity contribution is -0.128. The summed E-state index contributed by atoms with van der Waals surface area (Å²) in [5.74, 6) is -0.433. The Bertz CT molecular complexity index is 1300. The third-order valence-electron chi connectivity index (χ3n) is 5.09. The Hall–Kier alpha value is -3.99. The molecule has 1 heterocycles. The van der Waals surface area contributed by atoms with E-state index in [0.29, 0.717) is 12.2 Å². The van der Waals surface area contributed by atoms with E-state index in [0.717, 1.165) is 44.8 Å². The summed E-state index contributed by atoms with van der Waals surface area (Å²) in [6.07, 6.45) is 3.53. The van der Waals surface area contributed by atoms with E-state index in [-0.39, 0.29) is 5.82 Å². The molecule has 31 heavy (non-hydrogen) atoms. The van der Waals surface area contributed by atoms with Gasteiger partial charge in [0.05, 0.1) is 11.7 Å². The van der Waals surface area contributed by atoms with Crippen molar-refractivity contribution in [2.24, 2.45) is 0 Å². The van der Waals surface area contributed by atoms with Gasteiger partial charge in [-0.25, -0.2) is 9.18 Å². The van der Waals surface area contributed by atoms with Crippen LogP contribution in [-0.2, 0) is 4.79 Å². The van der Waals surface area contributed by atoms with Crippen LogP contribution in [0.3, 0.4) is 0 Å². The first-order chi connectivity index (χ1) is 15.1. The number of fused-ring (bicyclic) bond motifs is 1. The number of H-pyrrole nitrogens is 1. The van der Waals surface area contributed by atoms with Gasteiger partial charge in [-0.1, -0.05) is 49.9 Å². The standard InChI is InChI=1S/C26H21FN2O2/c1-3-21(17-8-7-9-20(27)15-17)26(18-12-13-23-19(14-18)16-28-29-23)22-10-5-6-11-24(22)31-25(30)4-2/h4-16H,2-3H2,1H3,(H,28,29)/b26-21+. The molecular weight excluding hydrogens is 391 g/mol. The average molecular weight is 412 g/mol. The third kappa shape index (κ3) is 4.16. The summed E-state index contributed by atoms with van der Waals surface area (Å²) in [6.45, 7) is 5.51. The zero-order valence-corrected chi connectivity index (χ0v) is 17.1. The van der Waals surface area contributed by atoms with Crippen molar-refractivity contribution >= 4 is 28.0 Å². The van der Waals surface area contributed by atoms with Crippen molar-refractivity contribution in [1.29, 1.82) is 0 Å². The molecule has 1 aromatic heterocycles. The monoisotopic (exact) mass is 412 g/mol. The molecule has 154 valence electrons. The van der Waals surface area contributed by atoms with Gasteiger partial charge in [-0.2, -0.15) is 5.10 Å². The SMILES string of the molecule is C=CC(=O)Oc1ccccc1/C(=C(\CC)c1cccc(F)c1)c1ccc2[nH]ncc2c1. The number of halogens is 1. The first-order valence-electron chi connectivity index (χ1n) is 9.97. The van der Waals surface area contributed by atoms with Gasteiger partial charge >= 0.3 is 5.97 Å². The predicted molar refractivity (Wildman–Crippen MR) is 121 cm³/mol. The molecule has 0 saturated heterocycles. The molecule has 4 nitrogen and oxygen atoms in total. The fourth-order valence-corrected chi connectivity index (χ4v) is 3.70. The van der Waals surface area contributed by atoms with Gasteiger partial charge < -0.3 is 4.74 Å². The Morgan fingerprint density at radius 2 is 1.94 bits per heavy atom. The highest BCUT2D eigenvalue weighted by atomic mass is 19.1. The molecule has 0 atom stereocenters. The smallest absolute Gasteiger partial charge is 0.335 e. The zero-order valence-electron chi connectivity index (χ0n) is 17.1. The highest BCUT2D eigenvalue weighted by Gasteiger charge is 2.18. The van der Waals surface area contributed by atoms with E-state index in [1.165, 1.54) is 12.1 Å². The van der Waals surface area contributed by atoms with Crippen LogP contribution in [0.25, 0.3) is 22.0 Å². The Balaban J connectivity index is 2.02. The molecule has 0 spiro atoms. The van der Waals surface area contributed by atoms with E-state index in [9.17, 15) is 9.18 Å². The highest BCUT2D eigenvalue weighted by Crippen LogP contribution is 2.39. The number of benzene rings is 3. The third-order valence-corrected chi connectivity index (χ3v) is 5.09. The van der Waals surface area contributed by atoms with Crippen LogP contribution in [0.4, 0.5) is 4.39 Å². The Morgan fingerprint density at radius 3 is 2.71 bits per heavy atom. The van der Waals surface area contributed by atoms with Crippen LogP contribution < -0.4 is 4.74 Å². The fourth-order valence-electron chi connectivity index (χ4n) is 3.70. The second-order valence-corrected chi connectivity index (χ2v) is 7.01. The number of ether oxygens (including phenoxy) is 1. The topological polar surface area (TPSA) is 55.0 Å². The second kappa shape index (κ2) is 8.79. The number of allylic oxidation sites excluding steroid dienone is 1. The lowest BCUT2D eigenvalue weighted by Gasteiger charge is -2.19. The van der Waals surface area contributed by atoms with Crippen LogP contribution in [0.15, 0.2) is 85.6 Å². The van der Waals surface area contributed by atoms with Crippen LogP contribution in [0.1, 0.15) is 30.0 Å². The number of carbonyl (C=O) groups excluding carboxylic acids is 1. The molecule has 0 radical (unpaired) electrons. The molecule has 1 N–H and O–H groups in total. The number of hydrogen-bond acceptors (Lipinski definition) is 3. The number of nitrogens with zero attached hydrogens (tertiary/aromatic N) is 1. The molecule has 3 aromatic carbocycles. The minimum atomic E-state index is -0.541. The van der Waals surface area contributed by atoms with E-state index < -0.39 is 5.97 Å². The van der Waals surface area contributed by atoms with Crippen LogP contribution in [0, 0.1) is 5.82 Å². The van der Waals surface area contributed by atoms with Gasteiger partial charge in [-0.15, -0.1) is 0 Å². The average Bonchev–Trinajstić information content (AvgIpc) is 3.26. The van der Waals surface area contributed by atoms with Crippen LogP contribution >= 0.6 is 0 Å². The first kappa shape index (κ1) is 20.3. The van der Waals surface area contributed by atoms with Crippen LogP contribution in [-0.4, -0.2) is 16.2 Å². The maximum Gasteiger partial charge on any atom is 0.335 e. The van der Waals surface area contributed by atoms with E-state index in [2.05, 4.69) is 16.8 Å². The van der Waals surface area contributed by atoms with Gasteiger partial charge in [0, 0.05) is 17.0 Å². The van der Waals surface area contributed by atoms with Crippen molar-refractivity contribution < 1.29 is 13.9 Å². The Morgan fingerprint density at radius 1 is 1.10 bits per heavy atom. The molecule has 0 aliphatic heterocycles. The Labute approximate surface area is 179 Å². The second-order valence-electron chi connectivity index (χ2n) is 7.01. The highest BCUT2D eigenvalue weighted by molar-refractivity contribution is 6.02. The van der Waals surface area contributed by atoms with Gasteiger partial charge in [0.25, 0.3) is 0 Å². The van der Waals surface area contributed by atoms with E-state index >= 15 is 0 Å². The number of hydrogen-bond donors (Lipinski definition) is 1. The molecule has 4 aromatic rings. The molecule has 0 unspecified atom stereocenters. The summed E-state index contributed by atoms with van der Waals surface area (Å²) < 4.78 is 19.6. The minimum Gasteiger partial charge on any atom is -0.423 e. The van der Waals surface area contributed by atoms with Crippen molar-refractivity contribution in [3.8, 4) is 5.75 Å². The molecule has 0 bridgehead atoms. The number of para-hydroxylation sites is 1. The first-order valence-corrected chi connectivity index (χ1v) is 9.97. The summed E-state index contributed by atoms with van der Waals surface area (Å²) in [5.41, 5.74) is 5.14. The van der Waals surface area contributed by atoms with Crippen LogP contribution in [0.5, 0.6) is 5.75 Å². The largest absolute Gasteiger partial charge is 0.423 e. The predicted octanol–water partition coefficient (Wildman–Crippen LogP) is 6.16. The quantitative estimate of drug-likeness (QED) is 0.179. The normalized spacial score (nSPS) is 11.8. The Kier molecular flexibility index (Phi) is 5.76. The molecule has 4 rings (SSSR count). The molecule has 0 aliphatic carbocycles. The number of carbonyl (C=O) groups is 1. The van der Waals surface area contributed by atoms with E-state index in [1.54, 1.807) is 24.4 Å².